The maximum Gasteiger partial charge on any atom is 0.295 e. The highest BCUT2D eigenvalue weighted by Gasteiger charge is 2.17. The summed E-state index contributed by atoms with van der Waals surface area (Å²) in [6.07, 6.45) is 0. The second-order valence-corrected chi connectivity index (χ2v) is 3.84. The molecule has 0 spiro atoms. The number of hydrogen-bond acceptors (Lipinski definition) is 4. The van der Waals surface area contributed by atoms with Gasteiger partial charge in [0.25, 0.3) is 5.69 Å². The number of halogens is 1. The molecule has 5 nitrogen and oxygen atoms in total. The lowest BCUT2D eigenvalue weighted by atomic mass is 10.1. The van der Waals surface area contributed by atoms with Crippen LogP contribution in [0.1, 0.15) is 5.56 Å². The summed E-state index contributed by atoms with van der Waals surface area (Å²) in [6, 6.07) is 11.1. The number of benzene rings is 1. The van der Waals surface area contributed by atoms with Gasteiger partial charge in [0.05, 0.1) is 16.6 Å². The van der Waals surface area contributed by atoms with Crippen molar-refractivity contribution in [3.63, 3.8) is 0 Å². The number of pyridine rings is 1. The average Bonchev–Trinajstić information content (AvgIpc) is 2.38. The molecule has 0 aliphatic rings. The van der Waals surface area contributed by atoms with E-state index in [1.165, 1.54) is 18.2 Å². The quantitative estimate of drug-likeness (QED) is 0.471. The first kappa shape index (κ1) is 12.0. The van der Waals surface area contributed by atoms with Crippen LogP contribution < -0.4 is 0 Å². The minimum atomic E-state index is -0.530. The van der Waals surface area contributed by atoms with Crippen molar-refractivity contribution in [1.29, 1.82) is 5.26 Å². The molecule has 1 aromatic carbocycles. The molecular formula is C12H6ClN3O2. The van der Waals surface area contributed by atoms with Gasteiger partial charge in [-0.3, -0.25) is 10.1 Å². The maximum atomic E-state index is 10.9. The average molecular weight is 260 g/mol. The standard InChI is InChI=1S/C12H6ClN3O2/c13-11-5-4-10(16(17)18)12(15-11)9-3-1-2-8(6-9)7-14/h1-6H. The molecule has 0 aliphatic heterocycles. The van der Waals surface area contributed by atoms with Crippen LogP contribution in [0, 0.1) is 21.4 Å². The molecule has 0 N–H and O–H groups in total. The zero-order valence-electron chi connectivity index (χ0n) is 9.00. The summed E-state index contributed by atoms with van der Waals surface area (Å²) < 4.78 is 0. The molecule has 0 atom stereocenters. The van der Waals surface area contributed by atoms with E-state index < -0.39 is 4.92 Å². The molecule has 0 saturated heterocycles. The van der Waals surface area contributed by atoms with Gasteiger partial charge in [0.1, 0.15) is 10.8 Å². The van der Waals surface area contributed by atoms with Crippen molar-refractivity contribution < 1.29 is 4.92 Å². The molecule has 0 amide bonds. The summed E-state index contributed by atoms with van der Waals surface area (Å²) in [5.41, 5.74) is 0.908. The summed E-state index contributed by atoms with van der Waals surface area (Å²) in [5.74, 6) is 0. The predicted octanol–water partition coefficient (Wildman–Crippen LogP) is 3.18. The van der Waals surface area contributed by atoms with Gasteiger partial charge in [-0.05, 0) is 18.2 Å². The Morgan fingerprint density at radius 1 is 1.33 bits per heavy atom. The van der Waals surface area contributed by atoms with E-state index in [9.17, 15) is 10.1 Å². The van der Waals surface area contributed by atoms with Gasteiger partial charge in [-0.1, -0.05) is 23.7 Å². The molecule has 88 valence electrons. The zero-order valence-corrected chi connectivity index (χ0v) is 9.76. The molecule has 1 aromatic heterocycles. The van der Waals surface area contributed by atoms with Crippen LogP contribution in [0.2, 0.25) is 5.15 Å². The van der Waals surface area contributed by atoms with Crippen LogP contribution in [0.5, 0.6) is 0 Å². The molecule has 6 heteroatoms. The lowest BCUT2D eigenvalue weighted by Crippen LogP contribution is -1.95. The molecule has 18 heavy (non-hydrogen) atoms. The summed E-state index contributed by atoms with van der Waals surface area (Å²) in [6.45, 7) is 0. The third-order valence-electron chi connectivity index (χ3n) is 2.30. The largest absolute Gasteiger partial charge is 0.295 e. The highest BCUT2D eigenvalue weighted by atomic mass is 35.5. The minimum Gasteiger partial charge on any atom is -0.258 e. The van der Waals surface area contributed by atoms with Crippen molar-refractivity contribution >= 4 is 17.3 Å². The van der Waals surface area contributed by atoms with Crippen molar-refractivity contribution in [1.82, 2.24) is 4.98 Å². The van der Waals surface area contributed by atoms with E-state index in [-0.39, 0.29) is 16.5 Å². The van der Waals surface area contributed by atoms with Crippen LogP contribution in [0.25, 0.3) is 11.3 Å². The first-order valence-corrected chi connectivity index (χ1v) is 5.31. The number of nitrogens with zero attached hydrogens (tertiary/aromatic N) is 3. The van der Waals surface area contributed by atoms with Gasteiger partial charge >= 0.3 is 0 Å². The number of nitriles is 1. The third kappa shape index (κ3) is 2.29. The maximum absolute atomic E-state index is 10.9. The third-order valence-corrected chi connectivity index (χ3v) is 2.51. The SMILES string of the molecule is N#Cc1cccc(-c2nc(Cl)ccc2[N+](=O)[O-])c1. The van der Waals surface area contributed by atoms with Crippen molar-refractivity contribution in [2.75, 3.05) is 0 Å². The van der Waals surface area contributed by atoms with Crippen molar-refractivity contribution in [3.05, 3.63) is 57.2 Å². The first-order chi connectivity index (χ1) is 8.61. The molecule has 1 heterocycles. The summed E-state index contributed by atoms with van der Waals surface area (Å²) in [7, 11) is 0. The Balaban J connectivity index is 2.66. The highest BCUT2D eigenvalue weighted by molar-refractivity contribution is 6.29. The van der Waals surface area contributed by atoms with Crippen LogP contribution in [-0.4, -0.2) is 9.91 Å². The van der Waals surface area contributed by atoms with Gasteiger partial charge in [-0.15, -0.1) is 0 Å². The van der Waals surface area contributed by atoms with Crippen molar-refractivity contribution in [3.8, 4) is 17.3 Å². The number of nitro groups is 1. The normalized spacial score (nSPS) is 9.78. The van der Waals surface area contributed by atoms with E-state index in [1.807, 2.05) is 6.07 Å². The smallest absolute Gasteiger partial charge is 0.258 e. The topological polar surface area (TPSA) is 79.8 Å². The predicted molar refractivity (Wildman–Crippen MR) is 66.1 cm³/mol. The van der Waals surface area contributed by atoms with Gasteiger partial charge in [0, 0.05) is 11.6 Å². The van der Waals surface area contributed by atoms with Gasteiger partial charge in [0.15, 0.2) is 0 Å². The molecule has 0 unspecified atom stereocenters. The number of hydrogen-bond donors (Lipinski definition) is 0. The molecule has 0 saturated carbocycles. The monoisotopic (exact) mass is 259 g/mol. The Morgan fingerprint density at radius 3 is 2.78 bits per heavy atom. The fourth-order valence-corrected chi connectivity index (χ4v) is 1.67. The first-order valence-electron chi connectivity index (χ1n) is 4.93. The van der Waals surface area contributed by atoms with Crippen molar-refractivity contribution in [2.45, 2.75) is 0 Å². The van der Waals surface area contributed by atoms with Crippen molar-refractivity contribution in [2.24, 2.45) is 0 Å². The Kier molecular flexibility index (Phi) is 3.22. The van der Waals surface area contributed by atoms with E-state index in [2.05, 4.69) is 4.98 Å². The van der Waals surface area contributed by atoms with Gasteiger partial charge in [-0.2, -0.15) is 5.26 Å². The van der Waals surface area contributed by atoms with Crippen LogP contribution in [0.15, 0.2) is 36.4 Å². The zero-order chi connectivity index (χ0) is 13.1. The molecule has 0 aliphatic carbocycles. The molecule has 2 rings (SSSR count). The molecule has 2 aromatic rings. The lowest BCUT2D eigenvalue weighted by Gasteiger charge is -2.03. The van der Waals surface area contributed by atoms with Crippen LogP contribution in [0.4, 0.5) is 5.69 Å². The van der Waals surface area contributed by atoms with Gasteiger partial charge < -0.3 is 0 Å². The van der Waals surface area contributed by atoms with Gasteiger partial charge in [-0.25, -0.2) is 4.98 Å². The van der Waals surface area contributed by atoms with E-state index in [4.69, 9.17) is 16.9 Å². The highest BCUT2D eigenvalue weighted by Crippen LogP contribution is 2.29. The molecule has 0 radical (unpaired) electrons. The Morgan fingerprint density at radius 2 is 2.11 bits per heavy atom. The molecule has 0 bridgehead atoms. The second kappa shape index (κ2) is 4.82. The Hall–Kier alpha value is -2.45. The Labute approximate surface area is 107 Å². The second-order valence-electron chi connectivity index (χ2n) is 3.45. The summed E-state index contributed by atoms with van der Waals surface area (Å²) >= 11 is 5.75. The van der Waals surface area contributed by atoms with Gasteiger partial charge in [0.2, 0.25) is 0 Å². The number of aromatic nitrogens is 1. The Bertz CT molecular complexity index is 665. The van der Waals surface area contributed by atoms with E-state index in [1.54, 1.807) is 18.2 Å². The minimum absolute atomic E-state index is 0.144. The molecule has 0 fully saturated rings. The fourth-order valence-electron chi connectivity index (χ4n) is 1.52. The van der Waals surface area contributed by atoms with Crippen LogP contribution in [0.3, 0.4) is 0 Å². The summed E-state index contributed by atoms with van der Waals surface area (Å²) in [4.78, 5) is 14.3. The van der Waals surface area contributed by atoms with Crippen LogP contribution in [-0.2, 0) is 0 Å². The van der Waals surface area contributed by atoms with E-state index in [0.717, 1.165) is 0 Å². The van der Waals surface area contributed by atoms with E-state index in [0.29, 0.717) is 11.1 Å². The van der Waals surface area contributed by atoms with E-state index >= 15 is 0 Å². The number of rotatable bonds is 2. The van der Waals surface area contributed by atoms with Crippen LogP contribution >= 0.6 is 11.6 Å². The lowest BCUT2D eigenvalue weighted by molar-refractivity contribution is -0.384. The molecular weight excluding hydrogens is 254 g/mol. The summed E-state index contributed by atoms with van der Waals surface area (Å²) in [5, 5.41) is 19.9. The fraction of sp³-hybridized carbons (Fsp3) is 0.